The molecule has 2 unspecified atom stereocenters. The van der Waals surface area contributed by atoms with E-state index in [0.29, 0.717) is 46.2 Å². The average Bonchev–Trinajstić information content (AvgIpc) is 3.70. The number of ether oxygens (including phenoxy) is 8. The van der Waals surface area contributed by atoms with Gasteiger partial charge in [-0.3, -0.25) is 4.79 Å². The van der Waals surface area contributed by atoms with Crippen molar-refractivity contribution in [2.24, 2.45) is 5.92 Å². The molecule has 64 heavy (non-hydrogen) atoms. The summed E-state index contributed by atoms with van der Waals surface area (Å²) in [6, 6.07) is 0. The van der Waals surface area contributed by atoms with Crippen molar-refractivity contribution in [3.63, 3.8) is 0 Å². The predicted octanol–water partition coefficient (Wildman–Crippen LogP) is 12.8. The lowest BCUT2D eigenvalue weighted by Crippen LogP contribution is -2.42. The third kappa shape index (κ3) is 32.0. The summed E-state index contributed by atoms with van der Waals surface area (Å²) in [5.74, 6) is -0.205. The fourth-order valence-corrected chi connectivity index (χ4v) is 8.78. The van der Waals surface area contributed by atoms with Gasteiger partial charge in [-0.05, 0) is 58.7 Å². The standard InChI is InChI=1S/C54H105NO9/c1-6-10-14-18-22-26-30-38-57-42-49(59-40-32-28-24-20-16-12-8-3)44-61-51-46-62-52(47-64-54(56)48-34-36-55(5)37-35-48)53(51)63-45-50(60-41-33-29-25-21-17-13-9-4)43-58-39-31-27-23-19-15-11-7-2/h48-53H,6-47H2,1-5H3/t49?,50?,51-,52+,53+/m0/s1. The van der Waals surface area contributed by atoms with E-state index in [9.17, 15) is 4.79 Å². The summed E-state index contributed by atoms with van der Waals surface area (Å²) in [4.78, 5) is 15.5. The Balaban J connectivity index is 2.05. The predicted molar refractivity (Wildman–Crippen MR) is 263 cm³/mol. The molecule has 2 aliphatic heterocycles. The lowest BCUT2D eigenvalue weighted by molar-refractivity contribution is -0.158. The van der Waals surface area contributed by atoms with Crippen molar-refractivity contribution < 1.29 is 42.7 Å². The van der Waals surface area contributed by atoms with Gasteiger partial charge in [0.2, 0.25) is 0 Å². The topological polar surface area (TPSA) is 94.2 Å². The van der Waals surface area contributed by atoms with E-state index in [2.05, 4.69) is 39.6 Å². The maximum Gasteiger partial charge on any atom is 0.309 e. The van der Waals surface area contributed by atoms with Gasteiger partial charge >= 0.3 is 5.97 Å². The molecule has 0 bridgehead atoms. The van der Waals surface area contributed by atoms with Crippen LogP contribution < -0.4 is 0 Å². The molecule has 2 saturated heterocycles. The number of piperidine rings is 1. The SMILES string of the molecule is CCCCCCCCCOCC(CO[C@@H]1[C@@H](OCC(COCCCCCCCCC)OCCCCCCCCC)CO[C@@H]1COC(=O)C1CCN(C)CC1)OCCCCCCCCC. The van der Waals surface area contributed by atoms with Crippen LogP contribution in [0.3, 0.4) is 0 Å². The molecule has 2 rings (SSSR count). The number of carbonyl (C=O) groups excluding carboxylic acids is 1. The number of hydrogen-bond donors (Lipinski definition) is 0. The zero-order valence-corrected chi connectivity index (χ0v) is 42.8. The van der Waals surface area contributed by atoms with Gasteiger partial charge in [-0.25, -0.2) is 0 Å². The number of hydrogen-bond acceptors (Lipinski definition) is 10. The van der Waals surface area contributed by atoms with Gasteiger partial charge < -0.3 is 42.8 Å². The second-order valence-corrected chi connectivity index (χ2v) is 19.4. The Labute approximate surface area is 395 Å². The largest absolute Gasteiger partial charge is 0.463 e. The second-order valence-electron chi connectivity index (χ2n) is 19.4. The van der Waals surface area contributed by atoms with Crippen LogP contribution in [0.5, 0.6) is 0 Å². The molecule has 0 aromatic heterocycles. The van der Waals surface area contributed by atoms with Gasteiger partial charge in [0.25, 0.3) is 0 Å². The smallest absolute Gasteiger partial charge is 0.309 e. The zero-order chi connectivity index (χ0) is 46.0. The highest BCUT2D eigenvalue weighted by atomic mass is 16.6. The molecule has 2 fully saturated rings. The molecule has 0 N–H and O–H groups in total. The van der Waals surface area contributed by atoms with Crippen molar-refractivity contribution >= 4 is 5.97 Å². The summed E-state index contributed by atoms with van der Waals surface area (Å²) in [6.45, 7) is 16.0. The summed E-state index contributed by atoms with van der Waals surface area (Å²) in [6.07, 6.45) is 35.1. The highest BCUT2D eigenvalue weighted by Crippen LogP contribution is 2.25. The Bertz CT molecular complexity index is 998. The minimum Gasteiger partial charge on any atom is -0.463 e. The van der Waals surface area contributed by atoms with Crippen molar-refractivity contribution in [3.8, 4) is 0 Å². The fourth-order valence-electron chi connectivity index (χ4n) is 8.78. The molecule has 0 saturated carbocycles. The quantitative estimate of drug-likeness (QED) is 0.0434. The molecule has 0 aromatic rings. The van der Waals surface area contributed by atoms with Crippen LogP contribution in [-0.4, -0.2) is 128 Å². The first-order chi connectivity index (χ1) is 31.5. The van der Waals surface area contributed by atoms with Crippen molar-refractivity contribution in [2.75, 3.05) is 86.2 Å². The maximum absolute atomic E-state index is 13.2. The van der Waals surface area contributed by atoms with Gasteiger partial charge in [-0.1, -0.05) is 182 Å². The normalized spacial score (nSPS) is 19.4. The Kier molecular flexibility index (Phi) is 40.2. The maximum atomic E-state index is 13.2. The number of nitrogens with zero attached hydrogens (tertiary/aromatic N) is 1. The van der Waals surface area contributed by atoms with Gasteiger partial charge in [0.15, 0.2) is 0 Å². The van der Waals surface area contributed by atoms with Crippen molar-refractivity contribution in [1.82, 2.24) is 4.90 Å². The van der Waals surface area contributed by atoms with E-state index in [1.54, 1.807) is 0 Å². The van der Waals surface area contributed by atoms with Gasteiger partial charge in [-0.2, -0.15) is 0 Å². The minimum absolute atomic E-state index is 0.0720. The average molecular weight is 912 g/mol. The first-order valence-electron chi connectivity index (χ1n) is 27.6. The van der Waals surface area contributed by atoms with Gasteiger partial charge in [0, 0.05) is 26.4 Å². The summed E-state index contributed by atoms with van der Waals surface area (Å²) in [7, 11) is 2.11. The van der Waals surface area contributed by atoms with Crippen molar-refractivity contribution in [2.45, 2.75) is 251 Å². The van der Waals surface area contributed by atoms with Crippen LogP contribution in [0.1, 0.15) is 220 Å². The molecule has 2 aliphatic rings. The summed E-state index contributed by atoms with van der Waals surface area (Å²) < 4.78 is 51.2. The van der Waals surface area contributed by atoms with Crippen LogP contribution in [0.2, 0.25) is 0 Å². The Morgan fingerprint density at radius 2 is 0.906 bits per heavy atom. The third-order valence-electron chi connectivity index (χ3n) is 13.2. The molecule has 0 radical (unpaired) electrons. The molecule has 5 atom stereocenters. The fraction of sp³-hybridized carbons (Fsp3) is 0.981. The monoisotopic (exact) mass is 912 g/mol. The third-order valence-corrected chi connectivity index (χ3v) is 13.2. The number of esters is 1. The van der Waals surface area contributed by atoms with Crippen LogP contribution >= 0.6 is 0 Å². The van der Waals surface area contributed by atoms with Crippen LogP contribution in [0.15, 0.2) is 0 Å². The lowest BCUT2D eigenvalue weighted by Gasteiger charge is -2.29. The molecule has 0 aliphatic carbocycles. The van der Waals surface area contributed by atoms with E-state index in [1.807, 2.05) is 0 Å². The van der Waals surface area contributed by atoms with Gasteiger partial charge in [-0.15, -0.1) is 0 Å². The van der Waals surface area contributed by atoms with Crippen LogP contribution in [0.25, 0.3) is 0 Å². The highest BCUT2D eigenvalue weighted by molar-refractivity contribution is 5.72. The molecule has 0 aromatic carbocycles. The molecule has 0 spiro atoms. The van der Waals surface area contributed by atoms with Crippen LogP contribution in [0.4, 0.5) is 0 Å². The number of rotatable bonds is 47. The van der Waals surface area contributed by atoms with Crippen LogP contribution in [-0.2, 0) is 42.7 Å². The second kappa shape index (κ2) is 43.4. The first-order valence-corrected chi connectivity index (χ1v) is 27.6. The van der Waals surface area contributed by atoms with Gasteiger partial charge in [0.05, 0.1) is 39.0 Å². The zero-order valence-electron chi connectivity index (χ0n) is 42.8. The van der Waals surface area contributed by atoms with Crippen molar-refractivity contribution in [1.29, 1.82) is 0 Å². The summed E-state index contributed by atoms with van der Waals surface area (Å²) in [5.41, 5.74) is 0. The molecular weight excluding hydrogens is 807 g/mol. The first kappa shape index (κ1) is 59.3. The number of unbranched alkanes of at least 4 members (excludes halogenated alkanes) is 24. The molecular formula is C54H105NO9. The van der Waals surface area contributed by atoms with E-state index < -0.39 is 12.2 Å². The molecule has 10 nitrogen and oxygen atoms in total. The van der Waals surface area contributed by atoms with E-state index in [0.717, 1.165) is 64.8 Å². The van der Waals surface area contributed by atoms with E-state index in [1.165, 1.54) is 154 Å². The summed E-state index contributed by atoms with van der Waals surface area (Å²) in [5, 5.41) is 0. The molecule has 380 valence electrons. The number of likely N-dealkylation sites (tertiary alicyclic amines) is 1. The molecule has 0 amide bonds. The minimum atomic E-state index is -0.432. The molecule has 10 heteroatoms. The summed E-state index contributed by atoms with van der Waals surface area (Å²) >= 11 is 0. The molecule has 2 heterocycles. The van der Waals surface area contributed by atoms with Gasteiger partial charge in [0.1, 0.15) is 37.1 Å². The highest BCUT2D eigenvalue weighted by Gasteiger charge is 2.41. The van der Waals surface area contributed by atoms with Crippen LogP contribution in [0, 0.1) is 5.92 Å². The van der Waals surface area contributed by atoms with Crippen molar-refractivity contribution in [3.05, 3.63) is 0 Å². The Morgan fingerprint density at radius 1 is 0.516 bits per heavy atom. The number of carbonyl (C=O) groups is 1. The van der Waals surface area contributed by atoms with E-state index in [-0.39, 0.29) is 36.8 Å². The van der Waals surface area contributed by atoms with E-state index >= 15 is 0 Å². The lowest BCUT2D eigenvalue weighted by atomic mass is 9.97. The Morgan fingerprint density at radius 3 is 1.34 bits per heavy atom. The Hall–Kier alpha value is -0.850. The van der Waals surface area contributed by atoms with E-state index in [4.69, 9.17) is 37.9 Å².